The predicted molar refractivity (Wildman–Crippen MR) is 63.2 cm³/mol. The summed E-state index contributed by atoms with van der Waals surface area (Å²) in [5.74, 6) is 2.13. The number of carbonyl (C=O) groups is 1. The van der Waals surface area contributed by atoms with Crippen LogP contribution in [0.2, 0.25) is 0 Å². The lowest BCUT2D eigenvalue weighted by atomic mass is 10.1. The van der Waals surface area contributed by atoms with E-state index in [1.54, 1.807) is 12.1 Å². The molecule has 0 atom stereocenters. The van der Waals surface area contributed by atoms with Crippen molar-refractivity contribution in [2.24, 2.45) is 10.7 Å². The zero-order valence-corrected chi connectivity index (χ0v) is 8.40. The number of fused-ring (bicyclic) bond motifs is 1. The zero-order valence-electron chi connectivity index (χ0n) is 8.40. The van der Waals surface area contributed by atoms with Gasteiger partial charge in [0.15, 0.2) is 0 Å². The lowest BCUT2D eigenvalue weighted by Gasteiger charge is -1.90. The highest BCUT2D eigenvalue weighted by Gasteiger charge is 2.07. The zero-order chi connectivity index (χ0) is 11.5. The van der Waals surface area contributed by atoms with Crippen LogP contribution in [-0.2, 0) is 0 Å². The van der Waals surface area contributed by atoms with Crippen LogP contribution in [0.3, 0.4) is 0 Å². The fraction of sp³-hybridized carbons (Fsp3) is 0. The van der Waals surface area contributed by atoms with Crippen molar-refractivity contribution in [3.8, 4) is 12.3 Å². The van der Waals surface area contributed by atoms with Crippen LogP contribution < -0.4 is 5.73 Å². The van der Waals surface area contributed by atoms with Crippen molar-refractivity contribution in [1.29, 1.82) is 0 Å². The number of nitrogens with one attached hydrogen (secondary N) is 1. The Balaban J connectivity index is 2.52. The average Bonchev–Trinajstić information content (AvgIpc) is 2.71. The van der Waals surface area contributed by atoms with E-state index in [1.807, 2.05) is 12.1 Å². The molecule has 4 heteroatoms. The minimum absolute atomic E-state index is 0.394. The van der Waals surface area contributed by atoms with E-state index in [2.05, 4.69) is 15.9 Å². The van der Waals surface area contributed by atoms with Crippen LogP contribution >= 0.6 is 0 Å². The van der Waals surface area contributed by atoms with Crippen LogP contribution in [0.5, 0.6) is 0 Å². The molecule has 0 aliphatic rings. The molecule has 0 unspecified atom stereocenters. The Morgan fingerprint density at radius 3 is 3.00 bits per heavy atom. The molecule has 0 radical (unpaired) electrons. The van der Waals surface area contributed by atoms with Crippen molar-refractivity contribution in [3.63, 3.8) is 0 Å². The third kappa shape index (κ3) is 1.66. The third-order valence-corrected chi connectivity index (χ3v) is 2.21. The monoisotopic (exact) mass is 211 g/mol. The first-order valence-corrected chi connectivity index (χ1v) is 4.62. The number of nitrogens with zero attached hydrogens (tertiary/aromatic N) is 1. The van der Waals surface area contributed by atoms with Crippen molar-refractivity contribution in [1.82, 2.24) is 4.98 Å². The summed E-state index contributed by atoms with van der Waals surface area (Å²) in [4.78, 5) is 17.8. The predicted octanol–water partition coefficient (Wildman–Crippen LogP) is 1.28. The third-order valence-electron chi connectivity index (χ3n) is 2.21. The van der Waals surface area contributed by atoms with Gasteiger partial charge < -0.3 is 10.7 Å². The van der Waals surface area contributed by atoms with Crippen molar-refractivity contribution in [3.05, 3.63) is 35.5 Å². The molecular formula is C12H9N3O. The first kappa shape index (κ1) is 9.99. The fourth-order valence-corrected chi connectivity index (χ4v) is 1.47. The van der Waals surface area contributed by atoms with Crippen LogP contribution in [0.25, 0.3) is 10.9 Å². The van der Waals surface area contributed by atoms with Crippen molar-refractivity contribution in [2.45, 2.75) is 0 Å². The molecule has 0 spiro atoms. The summed E-state index contributed by atoms with van der Waals surface area (Å²) in [6, 6.07) is 7.16. The summed E-state index contributed by atoms with van der Waals surface area (Å²) in [6.07, 6.45) is 6.26. The molecule has 0 saturated heterocycles. The maximum atomic E-state index is 11.4. The Hall–Kier alpha value is -2.54. The van der Waals surface area contributed by atoms with Crippen molar-refractivity contribution < 1.29 is 4.79 Å². The number of amides is 1. The van der Waals surface area contributed by atoms with Gasteiger partial charge in [0.05, 0.1) is 6.34 Å². The first-order valence-electron chi connectivity index (χ1n) is 4.62. The van der Waals surface area contributed by atoms with Gasteiger partial charge in [0.2, 0.25) is 0 Å². The average molecular weight is 211 g/mol. The number of rotatable bonds is 1. The minimum atomic E-state index is -0.402. The van der Waals surface area contributed by atoms with Gasteiger partial charge in [0.1, 0.15) is 5.69 Å². The highest BCUT2D eigenvalue weighted by atomic mass is 16.1. The molecule has 16 heavy (non-hydrogen) atoms. The second kappa shape index (κ2) is 3.91. The molecule has 0 aliphatic heterocycles. The molecule has 3 N–H and O–H groups in total. The van der Waals surface area contributed by atoms with Gasteiger partial charge in [-0.3, -0.25) is 4.79 Å². The van der Waals surface area contributed by atoms with Gasteiger partial charge in [0.25, 0.3) is 5.91 Å². The number of nitrogens with two attached hydrogens (primary N) is 1. The highest BCUT2D eigenvalue weighted by Crippen LogP contribution is 2.17. The van der Waals surface area contributed by atoms with E-state index in [4.69, 9.17) is 12.2 Å². The Bertz CT molecular complexity index is 617. The quantitative estimate of drug-likeness (QED) is 0.423. The summed E-state index contributed by atoms with van der Waals surface area (Å²) in [6.45, 7) is 0. The standard InChI is InChI=1S/C12H9N3O/c1-2-8-3-4-10-9(5-8)6-11(15-10)12(16)14-7-13/h1,3-7,15H,(H2,13,14,16). The number of carbonyl (C=O) groups excluding carboxylic acids is 1. The van der Waals surface area contributed by atoms with Crippen LogP contribution in [-0.4, -0.2) is 17.2 Å². The van der Waals surface area contributed by atoms with Gasteiger partial charge >= 0.3 is 0 Å². The van der Waals surface area contributed by atoms with Gasteiger partial charge in [-0.05, 0) is 24.3 Å². The number of aliphatic imine (C=N–C) groups is 1. The number of H-pyrrole nitrogens is 1. The Morgan fingerprint density at radius 1 is 1.50 bits per heavy atom. The van der Waals surface area contributed by atoms with E-state index < -0.39 is 5.91 Å². The summed E-state index contributed by atoms with van der Waals surface area (Å²) in [5, 5.41) is 0.881. The first-order chi connectivity index (χ1) is 7.74. The second-order valence-corrected chi connectivity index (χ2v) is 3.21. The molecule has 0 saturated carbocycles. The Kier molecular flexibility index (Phi) is 2.44. The number of hydrogen-bond acceptors (Lipinski definition) is 1. The number of hydrogen-bond donors (Lipinski definition) is 2. The molecule has 0 fully saturated rings. The summed E-state index contributed by atoms with van der Waals surface area (Å²) < 4.78 is 0. The van der Waals surface area contributed by atoms with Gasteiger partial charge in [-0.1, -0.05) is 5.92 Å². The molecule has 4 nitrogen and oxygen atoms in total. The highest BCUT2D eigenvalue weighted by molar-refractivity contribution is 6.01. The fourth-order valence-electron chi connectivity index (χ4n) is 1.47. The van der Waals surface area contributed by atoms with Crippen LogP contribution in [0, 0.1) is 12.3 Å². The van der Waals surface area contributed by atoms with Gasteiger partial charge in [-0.15, -0.1) is 6.42 Å². The normalized spacial score (nSPS) is 10.7. The van der Waals surface area contributed by atoms with E-state index >= 15 is 0 Å². The molecule has 1 aromatic heterocycles. The Labute approximate surface area is 92.2 Å². The van der Waals surface area contributed by atoms with E-state index in [0.717, 1.165) is 22.8 Å². The summed E-state index contributed by atoms with van der Waals surface area (Å²) >= 11 is 0. The molecular weight excluding hydrogens is 202 g/mol. The van der Waals surface area contributed by atoms with E-state index in [0.29, 0.717) is 5.69 Å². The minimum Gasteiger partial charge on any atom is -0.390 e. The summed E-state index contributed by atoms with van der Waals surface area (Å²) in [7, 11) is 0. The van der Waals surface area contributed by atoms with Crippen LogP contribution in [0.1, 0.15) is 16.1 Å². The van der Waals surface area contributed by atoms with E-state index in [1.165, 1.54) is 0 Å². The van der Waals surface area contributed by atoms with Crippen molar-refractivity contribution >= 4 is 23.1 Å². The molecule has 1 aromatic carbocycles. The topological polar surface area (TPSA) is 71.2 Å². The molecule has 0 aliphatic carbocycles. The second-order valence-electron chi connectivity index (χ2n) is 3.21. The smallest absolute Gasteiger partial charge is 0.294 e. The SMILES string of the molecule is C#Cc1ccc2[nH]c(C(=O)N=CN)cc2c1. The molecule has 1 amide bonds. The molecule has 0 bridgehead atoms. The van der Waals surface area contributed by atoms with Crippen LogP contribution in [0.15, 0.2) is 29.3 Å². The van der Waals surface area contributed by atoms with E-state index in [9.17, 15) is 4.79 Å². The van der Waals surface area contributed by atoms with Crippen molar-refractivity contribution in [2.75, 3.05) is 0 Å². The molecule has 78 valence electrons. The number of aromatic nitrogens is 1. The van der Waals surface area contributed by atoms with Gasteiger partial charge in [0, 0.05) is 16.5 Å². The van der Waals surface area contributed by atoms with Gasteiger partial charge in [-0.25, -0.2) is 0 Å². The maximum absolute atomic E-state index is 11.4. The molecule has 2 rings (SSSR count). The lowest BCUT2D eigenvalue weighted by Crippen LogP contribution is -1.99. The number of aromatic amines is 1. The lowest BCUT2D eigenvalue weighted by molar-refractivity contribution is 0.0999. The number of terminal acetylenes is 1. The molecule has 2 aromatic rings. The van der Waals surface area contributed by atoms with E-state index in [-0.39, 0.29) is 0 Å². The Morgan fingerprint density at radius 2 is 2.31 bits per heavy atom. The maximum Gasteiger partial charge on any atom is 0.294 e. The summed E-state index contributed by atoms with van der Waals surface area (Å²) in [5.41, 5.74) is 7.06. The number of benzene rings is 1. The largest absolute Gasteiger partial charge is 0.390 e. The van der Waals surface area contributed by atoms with Gasteiger partial charge in [-0.2, -0.15) is 4.99 Å². The molecule has 1 heterocycles. The van der Waals surface area contributed by atoms with Crippen LogP contribution in [0.4, 0.5) is 0 Å².